The summed E-state index contributed by atoms with van der Waals surface area (Å²) in [6, 6.07) is 7.72. The molecule has 0 unspecified atom stereocenters. The molecule has 3 heterocycles. The van der Waals surface area contributed by atoms with Crippen LogP contribution in [0.5, 0.6) is 0 Å². The van der Waals surface area contributed by atoms with Gasteiger partial charge in [0, 0.05) is 65.0 Å². The van der Waals surface area contributed by atoms with Crippen LogP contribution in [-0.4, -0.2) is 67.2 Å². The zero-order chi connectivity index (χ0) is 18.2. The zero-order valence-corrected chi connectivity index (χ0v) is 15.1. The van der Waals surface area contributed by atoms with E-state index < -0.39 is 0 Å². The van der Waals surface area contributed by atoms with Gasteiger partial charge in [-0.15, -0.1) is 0 Å². The number of rotatable bonds is 7. The molecule has 3 rings (SSSR count). The molecule has 138 valence electrons. The third-order valence-electron chi connectivity index (χ3n) is 4.38. The maximum absolute atomic E-state index is 12.6. The fourth-order valence-corrected chi connectivity index (χ4v) is 2.94. The van der Waals surface area contributed by atoms with Gasteiger partial charge < -0.3 is 19.9 Å². The smallest absolute Gasteiger partial charge is 0.255 e. The molecule has 2 aromatic rings. The minimum Gasteiger partial charge on any atom is -0.383 e. The van der Waals surface area contributed by atoms with Crippen LogP contribution >= 0.6 is 0 Å². The maximum atomic E-state index is 12.6. The standard InChI is InChI=1S/C19H25N5O2/c1-26-12-11-24(15-16-3-2-6-21-13-16)18-5-4-17(14-22-18)19(25)23-9-7-20-8-10-23/h2-6,13-14,20H,7-12,15H2,1H3. The molecule has 0 radical (unpaired) electrons. The summed E-state index contributed by atoms with van der Waals surface area (Å²) in [4.78, 5) is 25.2. The molecule has 1 aliphatic heterocycles. The fraction of sp³-hybridized carbons (Fsp3) is 0.421. The molecule has 1 amide bonds. The molecule has 1 N–H and O–H groups in total. The molecule has 7 nitrogen and oxygen atoms in total. The van der Waals surface area contributed by atoms with Crippen molar-refractivity contribution in [2.45, 2.75) is 6.54 Å². The van der Waals surface area contributed by atoms with E-state index in [4.69, 9.17) is 4.74 Å². The number of pyridine rings is 2. The van der Waals surface area contributed by atoms with Crippen LogP contribution in [-0.2, 0) is 11.3 Å². The van der Waals surface area contributed by atoms with Gasteiger partial charge >= 0.3 is 0 Å². The van der Waals surface area contributed by atoms with Gasteiger partial charge in [-0.3, -0.25) is 9.78 Å². The highest BCUT2D eigenvalue weighted by Crippen LogP contribution is 2.16. The van der Waals surface area contributed by atoms with Gasteiger partial charge in [-0.05, 0) is 23.8 Å². The first-order valence-electron chi connectivity index (χ1n) is 8.87. The van der Waals surface area contributed by atoms with Crippen molar-refractivity contribution in [2.75, 3.05) is 51.3 Å². The van der Waals surface area contributed by atoms with E-state index in [1.165, 1.54) is 0 Å². The van der Waals surface area contributed by atoms with Gasteiger partial charge in [-0.1, -0.05) is 6.07 Å². The number of hydrogen-bond acceptors (Lipinski definition) is 6. The lowest BCUT2D eigenvalue weighted by Gasteiger charge is -2.27. The summed E-state index contributed by atoms with van der Waals surface area (Å²) < 4.78 is 5.22. The number of nitrogens with one attached hydrogen (secondary N) is 1. The quantitative estimate of drug-likeness (QED) is 0.804. The second-order valence-corrected chi connectivity index (χ2v) is 6.22. The molecule has 0 spiro atoms. The number of hydrogen-bond donors (Lipinski definition) is 1. The van der Waals surface area contributed by atoms with E-state index in [1.807, 2.05) is 35.4 Å². The van der Waals surface area contributed by atoms with Crippen LogP contribution in [0.2, 0.25) is 0 Å². The summed E-state index contributed by atoms with van der Waals surface area (Å²) in [5.74, 6) is 0.865. The number of aromatic nitrogens is 2. The molecule has 1 fully saturated rings. The van der Waals surface area contributed by atoms with Gasteiger partial charge in [-0.2, -0.15) is 0 Å². The largest absolute Gasteiger partial charge is 0.383 e. The first-order chi connectivity index (χ1) is 12.8. The first-order valence-corrected chi connectivity index (χ1v) is 8.87. The van der Waals surface area contributed by atoms with Crippen LogP contribution in [0.25, 0.3) is 0 Å². The fourth-order valence-electron chi connectivity index (χ4n) is 2.94. The number of anilines is 1. The van der Waals surface area contributed by atoms with Gasteiger partial charge in [0.25, 0.3) is 5.91 Å². The van der Waals surface area contributed by atoms with Gasteiger partial charge in [0.05, 0.1) is 12.2 Å². The van der Waals surface area contributed by atoms with E-state index in [1.54, 1.807) is 19.5 Å². The van der Waals surface area contributed by atoms with Crippen LogP contribution in [0.4, 0.5) is 5.82 Å². The Labute approximate surface area is 154 Å². The van der Waals surface area contributed by atoms with Crippen molar-refractivity contribution in [1.82, 2.24) is 20.2 Å². The number of piperazine rings is 1. The molecule has 2 aromatic heterocycles. The Balaban J connectivity index is 1.71. The summed E-state index contributed by atoms with van der Waals surface area (Å²) in [5.41, 5.74) is 1.73. The number of ether oxygens (including phenoxy) is 1. The van der Waals surface area contributed by atoms with Crippen LogP contribution in [0.3, 0.4) is 0 Å². The van der Waals surface area contributed by atoms with Crippen molar-refractivity contribution >= 4 is 11.7 Å². The summed E-state index contributed by atoms with van der Waals surface area (Å²) in [6.07, 6.45) is 5.28. The Morgan fingerprint density at radius 3 is 2.77 bits per heavy atom. The van der Waals surface area contributed by atoms with Gasteiger partial charge in [-0.25, -0.2) is 4.98 Å². The Kier molecular flexibility index (Phi) is 6.51. The number of carbonyl (C=O) groups is 1. The van der Waals surface area contributed by atoms with E-state index in [0.29, 0.717) is 25.3 Å². The highest BCUT2D eigenvalue weighted by atomic mass is 16.5. The predicted octanol–water partition coefficient (Wildman–Crippen LogP) is 1.18. The van der Waals surface area contributed by atoms with Crippen LogP contribution in [0, 0.1) is 0 Å². The molecule has 1 aliphatic rings. The maximum Gasteiger partial charge on any atom is 0.255 e. The molecule has 0 aliphatic carbocycles. The summed E-state index contributed by atoms with van der Waals surface area (Å²) in [6.45, 7) is 5.16. The molecular weight excluding hydrogens is 330 g/mol. The van der Waals surface area contributed by atoms with Gasteiger partial charge in [0.15, 0.2) is 0 Å². The van der Waals surface area contributed by atoms with Crippen molar-refractivity contribution in [3.8, 4) is 0 Å². The van der Waals surface area contributed by atoms with E-state index in [2.05, 4.69) is 20.2 Å². The third-order valence-corrected chi connectivity index (χ3v) is 4.38. The normalized spacial score (nSPS) is 14.3. The van der Waals surface area contributed by atoms with E-state index in [9.17, 15) is 4.79 Å². The molecule has 1 saturated heterocycles. The predicted molar refractivity (Wildman–Crippen MR) is 100 cm³/mol. The second kappa shape index (κ2) is 9.26. The van der Waals surface area contributed by atoms with Crippen molar-refractivity contribution in [2.24, 2.45) is 0 Å². The molecule has 0 atom stereocenters. The van der Waals surface area contributed by atoms with Gasteiger partial charge in [0.2, 0.25) is 0 Å². The van der Waals surface area contributed by atoms with Crippen LogP contribution < -0.4 is 10.2 Å². The number of methoxy groups -OCH3 is 1. The average Bonchev–Trinajstić information content (AvgIpc) is 2.72. The van der Waals surface area contributed by atoms with Crippen molar-refractivity contribution < 1.29 is 9.53 Å². The highest BCUT2D eigenvalue weighted by molar-refractivity contribution is 5.94. The third kappa shape index (κ3) is 4.77. The van der Waals surface area contributed by atoms with Crippen LogP contribution in [0.15, 0.2) is 42.9 Å². The second-order valence-electron chi connectivity index (χ2n) is 6.22. The number of carbonyl (C=O) groups excluding carboxylic acids is 1. The monoisotopic (exact) mass is 355 g/mol. The number of amides is 1. The molecule has 0 saturated carbocycles. The Morgan fingerprint density at radius 1 is 1.27 bits per heavy atom. The molecule has 0 bridgehead atoms. The summed E-state index contributed by atoms with van der Waals surface area (Å²) >= 11 is 0. The van der Waals surface area contributed by atoms with E-state index >= 15 is 0 Å². The lowest BCUT2D eigenvalue weighted by molar-refractivity contribution is 0.0735. The Bertz CT molecular complexity index is 687. The first kappa shape index (κ1) is 18.3. The van der Waals surface area contributed by atoms with Crippen molar-refractivity contribution in [3.05, 3.63) is 54.0 Å². The molecule has 7 heteroatoms. The van der Waals surface area contributed by atoms with Crippen LogP contribution in [0.1, 0.15) is 15.9 Å². The zero-order valence-electron chi connectivity index (χ0n) is 15.1. The average molecular weight is 355 g/mol. The van der Waals surface area contributed by atoms with Gasteiger partial charge in [0.1, 0.15) is 5.82 Å². The lowest BCUT2D eigenvalue weighted by Crippen LogP contribution is -2.46. The van der Waals surface area contributed by atoms with Crippen molar-refractivity contribution in [1.29, 1.82) is 0 Å². The molecule has 0 aromatic carbocycles. The summed E-state index contributed by atoms with van der Waals surface area (Å²) in [7, 11) is 1.69. The van der Waals surface area contributed by atoms with Crippen molar-refractivity contribution in [3.63, 3.8) is 0 Å². The minimum absolute atomic E-state index is 0.0428. The topological polar surface area (TPSA) is 70.6 Å². The summed E-state index contributed by atoms with van der Waals surface area (Å²) in [5, 5.41) is 3.25. The SMILES string of the molecule is COCCN(Cc1cccnc1)c1ccc(C(=O)N2CCNCC2)cn1. The number of nitrogens with zero attached hydrogens (tertiary/aromatic N) is 4. The Hall–Kier alpha value is -2.51. The lowest BCUT2D eigenvalue weighted by atomic mass is 10.2. The van der Waals surface area contributed by atoms with E-state index in [0.717, 1.165) is 37.6 Å². The van der Waals surface area contributed by atoms with E-state index in [-0.39, 0.29) is 5.91 Å². The molecular formula is C19H25N5O2. The molecule has 26 heavy (non-hydrogen) atoms. The highest BCUT2D eigenvalue weighted by Gasteiger charge is 2.18. The Morgan fingerprint density at radius 2 is 2.12 bits per heavy atom. The minimum atomic E-state index is 0.0428.